The van der Waals surface area contributed by atoms with Crippen molar-refractivity contribution in [3.63, 3.8) is 0 Å². The number of hydrogen-bond donors (Lipinski definition) is 1. The van der Waals surface area contributed by atoms with Crippen LogP contribution in [0.1, 0.15) is 29.3 Å². The molecular weight excluding hydrogens is 214 g/mol. The molecule has 3 nitrogen and oxygen atoms in total. The Morgan fingerprint density at radius 1 is 1.53 bits per heavy atom. The third-order valence-electron chi connectivity index (χ3n) is 3.00. The van der Waals surface area contributed by atoms with E-state index in [1.165, 1.54) is 0 Å². The molecule has 0 fully saturated rings. The molecule has 0 saturated carbocycles. The van der Waals surface area contributed by atoms with Crippen LogP contribution in [0.3, 0.4) is 0 Å². The van der Waals surface area contributed by atoms with Gasteiger partial charge in [-0.3, -0.25) is 0 Å². The van der Waals surface area contributed by atoms with Crippen LogP contribution in [0.15, 0.2) is 30.4 Å². The van der Waals surface area contributed by atoms with Gasteiger partial charge in [-0.15, -0.1) is 0 Å². The highest BCUT2D eigenvalue weighted by molar-refractivity contribution is 5.88. The molecule has 0 aromatic heterocycles. The van der Waals surface area contributed by atoms with Crippen LogP contribution in [0, 0.1) is 0 Å². The highest BCUT2D eigenvalue weighted by Crippen LogP contribution is 2.28. The minimum absolute atomic E-state index is 0.376. The van der Waals surface area contributed by atoms with Gasteiger partial charge in [0.15, 0.2) is 0 Å². The zero-order chi connectivity index (χ0) is 12.4. The lowest BCUT2D eigenvalue weighted by Gasteiger charge is -2.31. The Hall–Kier alpha value is -1.77. The molecule has 0 saturated heterocycles. The van der Waals surface area contributed by atoms with Crippen molar-refractivity contribution >= 4 is 11.7 Å². The van der Waals surface area contributed by atoms with Gasteiger partial charge in [0.05, 0.1) is 5.56 Å². The maximum Gasteiger partial charge on any atom is 0.335 e. The molecule has 1 aromatic carbocycles. The maximum absolute atomic E-state index is 10.9. The Bertz CT molecular complexity index is 465. The highest BCUT2D eigenvalue weighted by atomic mass is 16.4. The molecule has 3 heteroatoms. The van der Waals surface area contributed by atoms with E-state index in [1.54, 1.807) is 12.1 Å². The molecule has 2 rings (SSSR count). The van der Waals surface area contributed by atoms with E-state index in [2.05, 4.69) is 11.5 Å². The Morgan fingerprint density at radius 3 is 2.94 bits per heavy atom. The smallest absolute Gasteiger partial charge is 0.335 e. The molecule has 0 spiro atoms. The predicted molar refractivity (Wildman–Crippen MR) is 68.7 cm³/mol. The second kappa shape index (κ2) is 4.62. The minimum atomic E-state index is -0.857. The van der Waals surface area contributed by atoms with Gasteiger partial charge >= 0.3 is 5.97 Å². The van der Waals surface area contributed by atoms with Crippen LogP contribution >= 0.6 is 0 Å². The van der Waals surface area contributed by atoms with Gasteiger partial charge in [0.1, 0.15) is 0 Å². The molecule has 1 N–H and O–H groups in total. The van der Waals surface area contributed by atoms with Crippen LogP contribution in [0.25, 0.3) is 0 Å². The summed E-state index contributed by atoms with van der Waals surface area (Å²) in [4.78, 5) is 13.2. The number of anilines is 1. The molecule has 1 aromatic rings. The standard InChI is InChI=1S/C14H17NO2/c1-10(2)9-15-7-3-4-11-8-12(14(16)17)5-6-13(11)15/h5-6,8H,1,3-4,7,9H2,2H3,(H,16,17). The Morgan fingerprint density at radius 2 is 2.29 bits per heavy atom. The molecule has 0 atom stereocenters. The van der Waals surface area contributed by atoms with E-state index in [4.69, 9.17) is 5.11 Å². The molecule has 0 aliphatic carbocycles. The van der Waals surface area contributed by atoms with Crippen LogP contribution in [-0.4, -0.2) is 24.2 Å². The first-order valence-corrected chi connectivity index (χ1v) is 5.83. The number of aryl methyl sites for hydroxylation is 1. The van der Waals surface area contributed by atoms with Crippen molar-refractivity contribution in [2.45, 2.75) is 19.8 Å². The zero-order valence-corrected chi connectivity index (χ0v) is 10.1. The van der Waals surface area contributed by atoms with Gasteiger partial charge in [-0.2, -0.15) is 0 Å². The van der Waals surface area contributed by atoms with Crippen LogP contribution in [0.4, 0.5) is 5.69 Å². The first-order valence-electron chi connectivity index (χ1n) is 5.83. The molecule has 17 heavy (non-hydrogen) atoms. The molecule has 0 radical (unpaired) electrons. The number of fused-ring (bicyclic) bond motifs is 1. The lowest BCUT2D eigenvalue weighted by Crippen LogP contribution is -2.30. The zero-order valence-electron chi connectivity index (χ0n) is 10.1. The van der Waals surface area contributed by atoms with Crippen LogP contribution < -0.4 is 4.90 Å². The summed E-state index contributed by atoms with van der Waals surface area (Å²) >= 11 is 0. The number of rotatable bonds is 3. The molecule has 1 aliphatic heterocycles. The van der Waals surface area contributed by atoms with Gasteiger partial charge in [-0.05, 0) is 43.5 Å². The van der Waals surface area contributed by atoms with E-state index in [0.717, 1.165) is 42.8 Å². The first-order chi connectivity index (χ1) is 8.08. The summed E-state index contributed by atoms with van der Waals surface area (Å²) in [6, 6.07) is 5.39. The summed E-state index contributed by atoms with van der Waals surface area (Å²) in [5, 5.41) is 8.97. The molecule has 1 heterocycles. The Kier molecular flexibility index (Phi) is 3.18. The fraction of sp³-hybridized carbons (Fsp3) is 0.357. The Labute approximate surface area is 101 Å². The van der Waals surface area contributed by atoms with Crippen molar-refractivity contribution in [2.24, 2.45) is 0 Å². The van der Waals surface area contributed by atoms with Gasteiger partial charge in [-0.25, -0.2) is 4.79 Å². The molecular formula is C14H17NO2. The fourth-order valence-electron chi connectivity index (χ4n) is 2.30. The van der Waals surface area contributed by atoms with E-state index in [9.17, 15) is 4.79 Å². The predicted octanol–water partition coefficient (Wildman–Crippen LogP) is 2.71. The molecule has 0 unspecified atom stereocenters. The average Bonchev–Trinajstić information content (AvgIpc) is 2.28. The van der Waals surface area contributed by atoms with E-state index in [0.29, 0.717) is 5.56 Å². The normalized spacial score (nSPS) is 14.3. The fourth-order valence-corrected chi connectivity index (χ4v) is 2.30. The lowest BCUT2D eigenvalue weighted by atomic mass is 9.99. The van der Waals surface area contributed by atoms with Crippen LogP contribution in [0.5, 0.6) is 0 Å². The highest BCUT2D eigenvalue weighted by Gasteiger charge is 2.18. The number of nitrogens with zero attached hydrogens (tertiary/aromatic N) is 1. The van der Waals surface area contributed by atoms with Gasteiger partial charge in [-0.1, -0.05) is 12.2 Å². The number of aromatic carboxylic acids is 1. The van der Waals surface area contributed by atoms with Crippen molar-refractivity contribution in [3.05, 3.63) is 41.5 Å². The summed E-state index contributed by atoms with van der Waals surface area (Å²) in [5.41, 5.74) is 3.79. The van der Waals surface area contributed by atoms with Crippen molar-refractivity contribution in [1.82, 2.24) is 0 Å². The summed E-state index contributed by atoms with van der Waals surface area (Å²) in [5.74, 6) is -0.857. The van der Waals surface area contributed by atoms with Crippen LogP contribution in [-0.2, 0) is 6.42 Å². The minimum Gasteiger partial charge on any atom is -0.478 e. The third kappa shape index (κ3) is 2.49. The number of benzene rings is 1. The number of carboxylic acids is 1. The molecule has 90 valence electrons. The quantitative estimate of drug-likeness (QED) is 0.813. The number of carboxylic acid groups (broad SMARTS) is 1. The number of hydrogen-bond acceptors (Lipinski definition) is 2. The van der Waals surface area contributed by atoms with Gasteiger partial charge in [0.2, 0.25) is 0 Å². The van der Waals surface area contributed by atoms with Crippen molar-refractivity contribution < 1.29 is 9.90 Å². The average molecular weight is 231 g/mol. The van der Waals surface area contributed by atoms with Crippen molar-refractivity contribution in [1.29, 1.82) is 0 Å². The molecule has 1 aliphatic rings. The summed E-state index contributed by atoms with van der Waals surface area (Å²) < 4.78 is 0. The molecule has 0 bridgehead atoms. The Balaban J connectivity index is 2.33. The second-order valence-corrected chi connectivity index (χ2v) is 4.63. The summed E-state index contributed by atoms with van der Waals surface area (Å²) in [6.45, 7) is 7.81. The van der Waals surface area contributed by atoms with Crippen LogP contribution in [0.2, 0.25) is 0 Å². The second-order valence-electron chi connectivity index (χ2n) is 4.63. The third-order valence-corrected chi connectivity index (χ3v) is 3.00. The van der Waals surface area contributed by atoms with E-state index < -0.39 is 5.97 Å². The SMILES string of the molecule is C=C(C)CN1CCCc2cc(C(=O)O)ccc21. The van der Waals surface area contributed by atoms with E-state index >= 15 is 0 Å². The van der Waals surface area contributed by atoms with Gasteiger partial charge in [0, 0.05) is 18.8 Å². The van der Waals surface area contributed by atoms with Crippen molar-refractivity contribution in [2.75, 3.05) is 18.0 Å². The van der Waals surface area contributed by atoms with Gasteiger partial charge in [0.25, 0.3) is 0 Å². The van der Waals surface area contributed by atoms with Gasteiger partial charge < -0.3 is 10.0 Å². The van der Waals surface area contributed by atoms with Crippen molar-refractivity contribution in [3.8, 4) is 0 Å². The maximum atomic E-state index is 10.9. The first kappa shape index (κ1) is 11.7. The van der Waals surface area contributed by atoms with E-state index in [-0.39, 0.29) is 0 Å². The molecule has 0 amide bonds. The largest absolute Gasteiger partial charge is 0.478 e. The monoisotopic (exact) mass is 231 g/mol. The number of carbonyl (C=O) groups is 1. The summed E-state index contributed by atoms with van der Waals surface area (Å²) in [7, 11) is 0. The topological polar surface area (TPSA) is 40.5 Å². The lowest BCUT2D eigenvalue weighted by molar-refractivity contribution is 0.0697. The summed E-state index contributed by atoms with van der Waals surface area (Å²) in [6.07, 6.45) is 2.03. The van der Waals surface area contributed by atoms with E-state index in [1.807, 2.05) is 13.0 Å².